The largest absolute Gasteiger partial charge is 0.534 e. The Morgan fingerprint density at radius 2 is 2.00 bits per heavy atom. The van der Waals surface area contributed by atoms with Crippen LogP contribution in [0.3, 0.4) is 0 Å². The van der Waals surface area contributed by atoms with Gasteiger partial charge in [-0.25, -0.2) is 0 Å². The van der Waals surface area contributed by atoms with Crippen molar-refractivity contribution in [2.75, 3.05) is 19.7 Å². The van der Waals surface area contributed by atoms with Gasteiger partial charge in [-0.15, -0.1) is 0 Å². The Morgan fingerprint density at radius 1 is 1.20 bits per heavy atom. The first-order valence-corrected chi connectivity index (χ1v) is 12.1. The van der Waals surface area contributed by atoms with Crippen molar-refractivity contribution < 1.29 is 30.5 Å². The third-order valence-corrected chi connectivity index (χ3v) is 8.62. The van der Waals surface area contributed by atoms with Crippen LogP contribution in [0.1, 0.15) is 49.7 Å². The quantitative estimate of drug-likeness (QED) is 0.522. The molecule has 0 spiro atoms. The van der Waals surface area contributed by atoms with E-state index in [0.29, 0.717) is 18.1 Å². The molecular weight excluding hydrogens is 419 g/mol. The molecule has 0 N–H and O–H groups in total. The number of rotatable bonds is 4. The molecule has 4 aliphatic rings. The van der Waals surface area contributed by atoms with Gasteiger partial charge in [-0.1, -0.05) is 18.9 Å². The molecule has 5 rings (SSSR count). The van der Waals surface area contributed by atoms with Crippen LogP contribution in [0.2, 0.25) is 0 Å². The van der Waals surface area contributed by atoms with Crippen molar-refractivity contribution in [2.45, 2.75) is 68.0 Å². The van der Waals surface area contributed by atoms with Gasteiger partial charge in [0, 0.05) is 24.6 Å². The van der Waals surface area contributed by atoms with Gasteiger partial charge in [0.25, 0.3) is 0 Å². The highest BCUT2D eigenvalue weighted by Crippen LogP contribution is 2.56. The summed E-state index contributed by atoms with van der Waals surface area (Å²) < 4.78 is 71.5. The molecule has 0 radical (unpaired) electrons. The van der Waals surface area contributed by atoms with Gasteiger partial charge in [0.2, 0.25) is 0 Å². The summed E-state index contributed by atoms with van der Waals surface area (Å²) in [7, 11) is -5.67. The van der Waals surface area contributed by atoms with E-state index < -0.39 is 15.6 Å². The Hall–Kier alpha value is -1.32. The number of ether oxygens (including phenoxy) is 1. The van der Waals surface area contributed by atoms with Gasteiger partial charge in [-0.05, 0) is 67.8 Å². The Balaban J connectivity index is 1.49. The topological polar surface area (TPSA) is 55.8 Å². The van der Waals surface area contributed by atoms with Gasteiger partial charge >= 0.3 is 15.6 Å². The first-order valence-electron chi connectivity index (χ1n) is 10.7. The first-order chi connectivity index (χ1) is 14.2. The standard InChI is InChI=1S/C21H26F3NO4S/c22-21(23,24)30(26,27)29-15-5-4-14-11-19-17-3-1-2-7-20(17,18(14)12-15)8-9-25(19)13-16-6-10-28-16/h4-5,12,16-17,19H,1-3,6-11,13H2/t16?,17-,19+,20+/m1/s1. The fourth-order valence-corrected chi connectivity index (χ4v) is 6.66. The van der Waals surface area contributed by atoms with E-state index in [2.05, 4.69) is 9.08 Å². The van der Waals surface area contributed by atoms with Gasteiger partial charge in [0.1, 0.15) is 5.75 Å². The van der Waals surface area contributed by atoms with Crippen LogP contribution in [0.25, 0.3) is 0 Å². The van der Waals surface area contributed by atoms with Gasteiger partial charge in [-0.3, -0.25) is 4.90 Å². The van der Waals surface area contributed by atoms with E-state index in [4.69, 9.17) is 4.74 Å². The number of piperidine rings is 1. The predicted molar refractivity (Wildman–Crippen MR) is 104 cm³/mol. The van der Waals surface area contributed by atoms with Crippen LogP contribution in [0.4, 0.5) is 13.2 Å². The van der Waals surface area contributed by atoms with Crippen LogP contribution in [0.5, 0.6) is 5.75 Å². The van der Waals surface area contributed by atoms with Crippen molar-refractivity contribution >= 4 is 10.1 Å². The zero-order valence-corrected chi connectivity index (χ0v) is 17.5. The molecule has 4 atom stereocenters. The molecule has 5 nitrogen and oxygen atoms in total. The fourth-order valence-electron chi connectivity index (χ4n) is 6.21. The van der Waals surface area contributed by atoms with E-state index >= 15 is 0 Å². The summed E-state index contributed by atoms with van der Waals surface area (Å²) in [5.41, 5.74) is -3.43. The molecule has 2 aliphatic heterocycles. The van der Waals surface area contributed by atoms with Crippen LogP contribution in [-0.4, -0.2) is 50.7 Å². The third-order valence-electron chi connectivity index (χ3n) is 7.64. The molecule has 2 aliphatic carbocycles. The van der Waals surface area contributed by atoms with Gasteiger partial charge < -0.3 is 8.92 Å². The maximum Gasteiger partial charge on any atom is 0.534 e. The van der Waals surface area contributed by atoms with Crippen LogP contribution in [0.15, 0.2) is 18.2 Å². The van der Waals surface area contributed by atoms with Crippen LogP contribution in [0, 0.1) is 5.92 Å². The number of nitrogens with zero attached hydrogens (tertiary/aromatic N) is 1. The summed E-state index contributed by atoms with van der Waals surface area (Å²) in [5, 5.41) is 0. The second-order valence-corrected chi connectivity index (χ2v) is 10.6. The van der Waals surface area contributed by atoms with E-state index in [1.54, 1.807) is 12.1 Å². The summed E-state index contributed by atoms with van der Waals surface area (Å²) in [5.74, 6) is 0.190. The summed E-state index contributed by atoms with van der Waals surface area (Å²) in [6, 6.07) is 5.09. The highest BCUT2D eigenvalue weighted by molar-refractivity contribution is 7.88. The van der Waals surface area contributed by atoms with Crippen LogP contribution >= 0.6 is 0 Å². The third kappa shape index (κ3) is 3.24. The van der Waals surface area contributed by atoms with Crippen molar-refractivity contribution in [2.24, 2.45) is 5.92 Å². The van der Waals surface area contributed by atoms with Gasteiger partial charge in [0.05, 0.1) is 6.10 Å². The summed E-state index contributed by atoms with van der Waals surface area (Å²) in [6.45, 7) is 2.72. The predicted octanol–water partition coefficient (Wildman–Crippen LogP) is 3.76. The van der Waals surface area contributed by atoms with E-state index in [0.717, 1.165) is 75.8 Å². The molecule has 2 heterocycles. The number of fused-ring (bicyclic) bond motifs is 1. The molecule has 30 heavy (non-hydrogen) atoms. The smallest absolute Gasteiger partial charge is 0.377 e. The van der Waals surface area contributed by atoms with E-state index in [-0.39, 0.29) is 11.2 Å². The molecule has 0 aromatic heterocycles. The molecule has 2 saturated heterocycles. The number of hydrogen-bond donors (Lipinski definition) is 0. The van der Waals surface area contributed by atoms with Crippen molar-refractivity contribution in [1.82, 2.24) is 4.90 Å². The molecule has 1 saturated carbocycles. The average molecular weight is 446 g/mol. The number of hydrogen-bond acceptors (Lipinski definition) is 5. The molecule has 3 fully saturated rings. The van der Waals surface area contributed by atoms with Crippen molar-refractivity contribution in [1.29, 1.82) is 0 Å². The lowest BCUT2D eigenvalue weighted by Crippen LogP contribution is -2.62. The van der Waals surface area contributed by atoms with Crippen LogP contribution < -0.4 is 4.18 Å². The molecular formula is C21H26F3NO4S. The van der Waals surface area contributed by atoms with E-state index in [1.165, 1.54) is 6.07 Å². The minimum absolute atomic E-state index is 0.102. The second-order valence-electron chi connectivity index (χ2n) is 9.11. The molecule has 1 aromatic carbocycles. The minimum Gasteiger partial charge on any atom is -0.377 e. The molecule has 0 amide bonds. The molecule has 1 unspecified atom stereocenters. The number of likely N-dealkylation sites (tertiary alicyclic amines) is 1. The molecule has 166 valence electrons. The maximum atomic E-state index is 12.8. The van der Waals surface area contributed by atoms with E-state index in [9.17, 15) is 21.6 Å². The Kier molecular flexibility index (Phi) is 4.87. The lowest BCUT2D eigenvalue weighted by atomic mass is 9.52. The summed E-state index contributed by atoms with van der Waals surface area (Å²) in [6.07, 6.45) is 7.51. The Labute approximate surface area is 174 Å². The maximum absolute atomic E-state index is 12.8. The lowest BCUT2D eigenvalue weighted by molar-refractivity contribution is -0.0947. The van der Waals surface area contributed by atoms with Crippen molar-refractivity contribution in [3.05, 3.63) is 29.3 Å². The molecule has 1 aromatic rings. The Bertz CT molecular complexity index is 931. The average Bonchev–Trinajstić information content (AvgIpc) is 2.65. The fraction of sp³-hybridized carbons (Fsp3) is 0.714. The van der Waals surface area contributed by atoms with Gasteiger partial charge in [0.15, 0.2) is 0 Å². The zero-order chi connectivity index (χ0) is 21.1. The number of halogens is 3. The summed E-state index contributed by atoms with van der Waals surface area (Å²) in [4.78, 5) is 2.56. The van der Waals surface area contributed by atoms with E-state index in [1.807, 2.05) is 0 Å². The Morgan fingerprint density at radius 3 is 2.70 bits per heavy atom. The molecule has 2 bridgehead atoms. The summed E-state index contributed by atoms with van der Waals surface area (Å²) >= 11 is 0. The number of alkyl halides is 3. The lowest BCUT2D eigenvalue weighted by Gasteiger charge is -2.59. The SMILES string of the molecule is O=S(=O)(Oc1ccc2c(c1)[C@]13CCCC[C@@H]1[C@H](C2)N(CC1CCO1)CC3)C(F)(F)F. The minimum atomic E-state index is -5.67. The highest BCUT2D eigenvalue weighted by Gasteiger charge is 2.54. The second kappa shape index (κ2) is 7.10. The van der Waals surface area contributed by atoms with Crippen molar-refractivity contribution in [3.63, 3.8) is 0 Å². The van der Waals surface area contributed by atoms with Gasteiger partial charge in [-0.2, -0.15) is 21.6 Å². The van der Waals surface area contributed by atoms with Crippen molar-refractivity contribution in [3.8, 4) is 5.75 Å². The first kappa shape index (κ1) is 20.6. The normalized spacial score (nSPS) is 33.9. The highest BCUT2D eigenvalue weighted by atomic mass is 32.2. The van der Waals surface area contributed by atoms with Crippen LogP contribution in [-0.2, 0) is 26.7 Å². The zero-order valence-electron chi connectivity index (χ0n) is 16.7. The molecule has 9 heteroatoms. The monoisotopic (exact) mass is 445 g/mol. The number of benzene rings is 1.